The van der Waals surface area contributed by atoms with E-state index in [1.54, 1.807) is 0 Å². The van der Waals surface area contributed by atoms with E-state index in [9.17, 15) is 0 Å². The SMILES string of the molecule is [O-2].[O-2].[O-2].[Ti].[Ti].[Y+3].[Y+3].[Zr].[Zr]. The largest absolute Gasteiger partial charge is 3.00 e. The summed E-state index contributed by atoms with van der Waals surface area (Å²) >= 11 is 0. The zero-order valence-electron chi connectivity index (χ0n) is 4.38. The van der Waals surface area contributed by atoms with Crippen molar-refractivity contribution in [1.82, 2.24) is 0 Å². The second-order valence-corrected chi connectivity index (χ2v) is 0. The molecule has 0 radical (unpaired) electrons. The fourth-order valence-corrected chi connectivity index (χ4v) is 0. The van der Waals surface area contributed by atoms with Gasteiger partial charge in [0.25, 0.3) is 0 Å². The van der Waals surface area contributed by atoms with Crippen LogP contribution >= 0.6 is 0 Å². The minimum atomic E-state index is 0. The Balaban J connectivity index is 0. The van der Waals surface area contributed by atoms with Crippen LogP contribution in [0, 0.1) is 0 Å². The molecule has 0 bridgehead atoms. The standard InChI is InChI=1S/3O.2Ti.2Y.2Zr/q3*-2;;;2*+3;;. The molecule has 0 rings (SSSR count). The molecule has 0 heterocycles. The molecule has 9 heavy (non-hydrogen) atoms. The summed E-state index contributed by atoms with van der Waals surface area (Å²) in [7, 11) is 0. The van der Waals surface area contributed by atoms with Crippen LogP contribution in [-0.2, 0) is 178 Å². The molecule has 0 aromatic rings. The zero-order chi connectivity index (χ0) is 0. The van der Waals surface area contributed by atoms with E-state index in [1.807, 2.05) is 0 Å². The Bertz CT molecular complexity index is 17.8. The van der Waals surface area contributed by atoms with Gasteiger partial charge in [0, 0.05) is 95.8 Å². The predicted molar refractivity (Wildman–Crippen MR) is 2.06 cm³/mol. The molecule has 0 N–H and O–H groups in total. The first-order valence-corrected chi connectivity index (χ1v) is 0. The molecule has 0 aromatic heterocycles. The van der Waals surface area contributed by atoms with E-state index in [0.29, 0.717) is 0 Å². The van der Waals surface area contributed by atoms with Gasteiger partial charge in [0.1, 0.15) is 0 Å². The molecule has 9 heteroatoms. The first kappa shape index (κ1) is 90.3. The molecule has 0 amide bonds. The summed E-state index contributed by atoms with van der Waals surface area (Å²) < 4.78 is 0. The fourth-order valence-electron chi connectivity index (χ4n) is 0. The van der Waals surface area contributed by atoms with Crippen molar-refractivity contribution in [2.75, 3.05) is 0 Å². The van der Waals surface area contributed by atoms with Gasteiger partial charge in [-0.05, 0) is 0 Å². The smallest absolute Gasteiger partial charge is 2.00 e. The minimum Gasteiger partial charge on any atom is -2.00 e. The van der Waals surface area contributed by atoms with Crippen molar-refractivity contribution in [3.63, 3.8) is 0 Å². The van der Waals surface area contributed by atoms with Crippen molar-refractivity contribution in [3.8, 4) is 0 Å². The quantitative estimate of drug-likeness (QED) is 0.404. The molecule has 3 nitrogen and oxygen atoms in total. The van der Waals surface area contributed by atoms with E-state index in [2.05, 4.69) is 0 Å². The Kier molecular flexibility index (Phi) is 720. The Hall–Kier alpha value is 5.28. The molecular weight excluding hydrogens is 504 g/mol. The van der Waals surface area contributed by atoms with E-state index in [1.165, 1.54) is 0 Å². The summed E-state index contributed by atoms with van der Waals surface area (Å²) in [5.41, 5.74) is 0. The molecule has 0 aliphatic rings. The van der Waals surface area contributed by atoms with E-state index >= 15 is 0 Å². The predicted octanol–water partition coefficient (Wildman–Crippen LogP) is -0.371. The maximum absolute atomic E-state index is 0. The fraction of sp³-hybridized carbons (Fsp3) is 0. The molecule has 0 aliphatic heterocycles. The van der Waals surface area contributed by atoms with Crippen LogP contribution < -0.4 is 0 Å². The number of rotatable bonds is 0. The van der Waals surface area contributed by atoms with Crippen LogP contribution in [0.25, 0.3) is 0 Å². The Morgan fingerprint density at radius 2 is 0.444 bits per heavy atom. The molecule has 0 saturated carbocycles. The van der Waals surface area contributed by atoms with Crippen LogP contribution in [-0.4, -0.2) is 0 Å². The Morgan fingerprint density at radius 3 is 0.444 bits per heavy atom. The maximum Gasteiger partial charge on any atom is 3.00 e. The molecular formula is O3Ti2Y2Zr2. The normalized spacial score (nSPS) is 0. The van der Waals surface area contributed by atoms with Gasteiger partial charge in [0.2, 0.25) is 0 Å². The summed E-state index contributed by atoms with van der Waals surface area (Å²) in [5, 5.41) is 0. The van der Waals surface area contributed by atoms with Crippen LogP contribution in [0.5, 0.6) is 0 Å². The summed E-state index contributed by atoms with van der Waals surface area (Å²) in [5.74, 6) is 0. The van der Waals surface area contributed by atoms with E-state index < -0.39 is 0 Å². The average Bonchev–Trinajstić information content (AvgIpc) is 0. The van der Waals surface area contributed by atoms with Gasteiger partial charge in [0.15, 0.2) is 0 Å². The van der Waals surface area contributed by atoms with E-state index in [0.717, 1.165) is 0 Å². The van der Waals surface area contributed by atoms with Crippen LogP contribution in [0.3, 0.4) is 0 Å². The van der Waals surface area contributed by atoms with Gasteiger partial charge in [-0.2, -0.15) is 0 Å². The first-order valence-electron chi connectivity index (χ1n) is 0. The van der Waals surface area contributed by atoms with Gasteiger partial charge in [-0.25, -0.2) is 0 Å². The van der Waals surface area contributed by atoms with Crippen LogP contribution in [0.15, 0.2) is 0 Å². The Labute approximate surface area is 173 Å². The molecule has 40 valence electrons. The summed E-state index contributed by atoms with van der Waals surface area (Å²) in [4.78, 5) is 0. The summed E-state index contributed by atoms with van der Waals surface area (Å²) in [6.45, 7) is 0. The van der Waals surface area contributed by atoms with Crippen LogP contribution in [0.2, 0.25) is 0 Å². The number of hydrogen-bond acceptors (Lipinski definition) is 0. The number of hydrogen-bond donors (Lipinski definition) is 0. The van der Waals surface area contributed by atoms with Crippen LogP contribution in [0.1, 0.15) is 0 Å². The van der Waals surface area contributed by atoms with Crippen molar-refractivity contribution >= 4 is 0 Å². The van der Waals surface area contributed by atoms with Gasteiger partial charge < -0.3 is 16.4 Å². The van der Waals surface area contributed by atoms with Crippen molar-refractivity contribution in [2.24, 2.45) is 0 Å². The summed E-state index contributed by atoms with van der Waals surface area (Å²) in [6.07, 6.45) is 0. The molecule has 0 aromatic carbocycles. The minimum absolute atomic E-state index is 0. The second-order valence-electron chi connectivity index (χ2n) is 0. The molecule has 0 aliphatic carbocycles. The molecule has 0 atom stereocenters. The average molecular weight is 504 g/mol. The third kappa shape index (κ3) is 60.6. The van der Waals surface area contributed by atoms with Gasteiger partial charge in [-0.1, -0.05) is 0 Å². The van der Waals surface area contributed by atoms with Crippen molar-refractivity contribution in [3.05, 3.63) is 0 Å². The zero-order valence-corrected chi connectivity index (χ0v) is 18.1. The van der Waals surface area contributed by atoms with Crippen LogP contribution in [0.4, 0.5) is 0 Å². The maximum atomic E-state index is 0. The summed E-state index contributed by atoms with van der Waals surface area (Å²) in [6, 6.07) is 0. The molecule has 0 fully saturated rings. The van der Waals surface area contributed by atoms with Crippen molar-refractivity contribution in [2.45, 2.75) is 0 Å². The first-order chi connectivity index (χ1) is 0. The van der Waals surface area contributed by atoms with Crippen molar-refractivity contribution < 1.29 is 178 Å². The van der Waals surface area contributed by atoms with Gasteiger partial charge in [0.05, 0.1) is 0 Å². The van der Waals surface area contributed by atoms with Gasteiger partial charge in [-0.15, -0.1) is 0 Å². The third-order valence-electron chi connectivity index (χ3n) is 0. The molecule has 0 spiro atoms. The third-order valence-corrected chi connectivity index (χ3v) is 0. The topological polar surface area (TPSA) is 85.5 Å². The van der Waals surface area contributed by atoms with Gasteiger partial charge >= 0.3 is 65.4 Å². The van der Waals surface area contributed by atoms with Gasteiger partial charge in [-0.3, -0.25) is 0 Å². The molecule has 0 unspecified atom stereocenters. The Morgan fingerprint density at radius 1 is 0.444 bits per heavy atom. The molecule has 0 saturated heterocycles. The second kappa shape index (κ2) is 71.8. The van der Waals surface area contributed by atoms with E-state index in [4.69, 9.17) is 0 Å². The van der Waals surface area contributed by atoms with Crippen molar-refractivity contribution in [1.29, 1.82) is 0 Å². The van der Waals surface area contributed by atoms with E-state index in [-0.39, 0.29) is 178 Å². The monoisotopic (exact) mass is 502 g/mol.